The molecule has 9 nitrogen and oxygen atoms in total. The minimum atomic E-state index is -0.689. The molecule has 0 atom stereocenters. The van der Waals surface area contributed by atoms with Crippen molar-refractivity contribution in [3.8, 4) is 16.9 Å². The smallest absolute Gasteiger partial charge is 0.331 e. The summed E-state index contributed by atoms with van der Waals surface area (Å²) in [5, 5.41) is -0.230. The fourth-order valence-electron chi connectivity index (χ4n) is 6.42. The number of ether oxygens (including phenoxy) is 1. The van der Waals surface area contributed by atoms with Gasteiger partial charge in [-0.2, -0.15) is 0 Å². The van der Waals surface area contributed by atoms with E-state index in [1.165, 1.54) is 29.0 Å². The fraction of sp³-hybridized carbons (Fsp3) is 0.455. The zero-order valence-corrected chi connectivity index (χ0v) is 26.5. The molecule has 234 valence electrons. The summed E-state index contributed by atoms with van der Waals surface area (Å²) in [4.78, 5) is 57.1. The zero-order valence-electron chi connectivity index (χ0n) is 25.7. The maximum absolute atomic E-state index is 14.2. The van der Waals surface area contributed by atoms with Crippen molar-refractivity contribution < 1.29 is 18.7 Å². The number of piperidine rings is 1. The van der Waals surface area contributed by atoms with E-state index >= 15 is 0 Å². The standard InChI is InChI=1S/C33H38ClFN4O5/c1-20(2)39-31(42)25(24-7-6-8-27(35)30(24)34)17-37(32(39)43)18-29(41)36-13-11-22(12-14-36)38-19-33(3,4)26-16-23(44-5)10-9-21(26)15-28(38)40/h6-10,16-17,20,22H,11-15,18-19H2,1-5H3. The van der Waals surface area contributed by atoms with E-state index in [9.17, 15) is 23.6 Å². The quantitative estimate of drug-likeness (QED) is 0.405. The maximum atomic E-state index is 14.2. The summed E-state index contributed by atoms with van der Waals surface area (Å²) in [6.45, 7) is 8.77. The number of nitrogens with zero attached hydrogens (tertiary/aromatic N) is 4. The number of rotatable bonds is 6. The average molecular weight is 625 g/mol. The monoisotopic (exact) mass is 624 g/mol. The third-order valence-corrected chi connectivity index (χ3v) is 9.17. The lowest BCUT2D eigenvalue weighted by Gasteiger charge is -2.41. The van der Waals surface area contributed by atoms with Crippen LogP contribution in [-0.4, -0.2) is 63.5 Å². The number of likely N-dealkylation sites (tertiary alicyclic amines) is 1. The first kappa shape index (κ1) is 31.5. The highest BCUT2D eigenvalue weighted by atomic mass is 35.5. The normalized spacial score (nSPS) is 17.0. The zero-order chi connectivity index (χ0) is 31.9. The number of amides is 2. The number of halogens is 2. The van der Waals surface area contributed by atoms with Crippen molar-refractivity contribution >= 4 is 23.4 Å². The van der Waals surface area contributed by atoms with Gasteiger partial charge in [-0.1, -0.05) is 43.6 Å². The van der Waals surface area contributed by atoms with Crippen molar-refractivity contribution in [1.29, 1.82) is 0 Å². The van der Waals surface area contributed by atoms with Gasteiger partial charge in [-0.25, -0.2) is 9.18 Å². The van der Waals surface area contributed by atoms with Crippen molar-refractivity contribution in [2.45, 2.75) is 71.0 Å². The van der Waals surface area contributed by atoms with Crippen molar-refractivity contribution in [2.24, 2.45) is 0 Å². The molecule has 0 unspecified atom stereocenters. The highest BCUT2D eigenvalue weighted by Gasteiger charge is 2.38. The SMILES string of the molecule is COc1ccc2c(c1)C(C)(C)CN(C1CCN(C(=O)Cn3cc(-c4cccc(F)c4Cl)c(=O)n(C(C)C)c3=O)CC1)C(=O)C2. The van der Waals surface area contributed by atoms with Gasteiger partial charge in [0, 0.05) is 48.9 Å². The molecule has 0 saturated carbocycles. The van der Waals surface area contributed by atoms with Crippen LogP contribution in [0.2, 0.25) is 5.02 Å². The molecular formula is C33H38ClFN4O5. The van der Waals surface area contributed by atoms with Gasteiger partial charge in [0.2, 0.25) is 11.8 Å². The summed E-state index contributed by atoms with van der Waals surface area (Å²) in [5.74, 6) is -0.138. The van der Waals surface area contributed by atoms with Crippen LogP contribution in [0.15, 0.2) is 52.2 Å². The second-order valence-electron chi connectivity index (χ2n) is 12.5. The Bertz CT molecular complexity index is 1720. The Morgan fingerprint density at radius 3 is 2.45 bits per heavy atom. The van der Waals surface area contributed by atoms with Gasteiger partial charge in [0.1, 0.15) is 18.1 Å². The van der Waals surface area contributed by atoms with Crippen LogP contribution in [0.25, 0.3) is 11.1 Å². The van der Waals surface area contributed by atoms with E-state index in [-0.39, 0.29) is 46.0 Å². The molecule has 0 radical (unpaired) electrons. The maximum Gasteiger partial charge on any atom is 0.331 e. The number of fused-ring (bicyclic) bond motifs is 1. The summed E-state index contributed by atoms with van der Waals surface area (Å²) in [6, 6.07) is 9.49. The lowest BCUT2D eigenvalue weighted by atomic mass is 9.81. The van der Waals surface area contributed by atoms with Gasteiger partial charge in [0.15, 0.2) is 0 Å². The Morgan fingerprint density at radius 2 is 1.80 bits per heavy atom. The van der Waals surface area contributed by atoms with Gasteiger partial charge in [-0.3, -0.25) is 23.5 Å². The topological polar surface area (TPSA) is 93.8 Å². The van der Waals surface area contributed by atoms with Crippen molar-refractivity contribution in [2.75, 3.05) is 26.7 Å². The summed E-state index contributed by atoms with van der Waals surface area (Å²) in [6.07, 6.45) is 2.82. The number of methoxy groups -OCH3 is 1. The molecule has 2 amide bonds. The highest BCUT2D eigenvalue weighted by molar-refractivity contribution is 6.33. The molecule has 0 aliphatic carbocycles. The van der Waals surface area contributed by atoms with E-state index < -0.39 is 23.1 Å². The lowest BCUT2D eigenvalue weighted by molar-refractivity contribution is -0.137. The van der Waals surface area contributed by atoms with Gasteiger partial charge in [-0.15, -0.1) is 0 Å². The Balaban J connectivity index is 1.33. The number of benzene rings is 2. The molecule has 0 bridgehead atoms. The molecule has 2 aliphatic rings. The number of aromatic nitrogens is 2. The molecule has 44 heavy (non-hydrogen) atoms. The minimum Gasteiger partial charge on any atom is -0.497 e. The van der Waals surface area contributed by atoms with Gasteiger partial charge in [0.25, 0.3) is 5.56 Å². The first-order valence-electron chi connectivity index (χ1n) is 14.9. The van der Waals surface area contributed by atoms with E-state index in [1.807, 2.05) is 23.1 Å². The van der Waals surface area contributed by atoms with Crippen LogP contribution in [0.5, 0.6) is 5.75 Å². The van der Waals surface area contributed by atoms with Crippen LogP contribution in [0.4, 0.5) is 4.39 Å². The Morgan fingerprint density at radius 1 is 1.09 bits per heavy atom. The number of hydrogen-bond acceptors (Lipinski definition) is 5. The molecule has 0 N–H and O–H groups in total. The molecule has 1 saturated heterocycles. The second kappa shape index (κ2) is 12.2. The minimum absolute atomic E-state index is 0.0191. The fourth-order valence-corrected chi connectivity index (χ4v) is 6.65. The second-order valence-corrected chi connectivity index (χ2v) is 12.9. The highest BCUT2D eigenvalue weighted by Crippen LogP contribution is 2.36. The molecule has 1 aromatic heterocycles. The molecule has 2 aromatic carbocycles. The third-order valence-electron chi connectivity index (χ3n) is 8.78. The van der Waals surface area contributed by atoms with E-state index in [2.05, 4.69) is 13.8 Å². The number of carbonyl (C=O) groups is 2. The van der Waals surface area contributed by atoms with E-state index in [1.54, 1.807) is 25.9 Å². The van der Waals surface area contributed by atoms with Gasteiger partial charge >= 0.3 is 5.69 Å². The number of hydrogen-bond donors (Lipinski definition) is 0. The molecule has 3 heterocycles. The molecule has 0 spiro atoms. The lowest BCUT2D eigenvalue weighted by Crippen LogP contribution is -2.52. The van der Waals surface area contributed by atoms with Gasteiger partial charge < -0.3 is 14.5 Å². The van der Waals surface area contributed by atoms with E-state index in [0.29, 0.717) is 38.9 Å². The Hall–Kier alpha value is -3.92. The molecule has 5 rings (SSSR count). The van der Waals surface area contributed by atoms with E-state index in [0.717, 1.165) is 21.4 Å². The van der Waals surface area contributed by atoms with Crippen molar-refractivity contribution in [3.05, 3.63) is 85.4 Å². The Labute approximate surface area is 260 Å². The van der Waals surface area contributed by atoms with Gasteiger partial charge in [0.05, 0.1) is 24.1 Å². The van der Waals surface area contributed by atoms with Crippen LogP contribution in [-0.2, 0) is 28.0 Å². The molecular weight excluding hydrogens is 587 g/mol. The van der Waals surface area contributed by atoms with Crippen LogP contribution >= 0.6 is 11.6 Å². The van der Waals surface area contributed by atoms with Crippen LogP contribution < -0.4 is 16.0 Å². The molecule has 2 aliphatic heterocycles. The van der Waals surface area contributed by atoms with Crippen LogP contribution in [0, 0.1) is 5.82 Å². The molecule has 11 heteroatoms. The molecule has 3 aromatic rings. The number of carbonyl (C=O) groups excluding carboxylic acids is 2. The largest absolute Gasteiger partial charge is 0.497 e. The summed E-state index contributed by atoms with van der Waals surface area (Å²) in [7, 11) is 1.63. The third kappa shape index (κ3) is 5.92. The van der Waals surface area contributed by atoms with Gasteiger partial charge in [-0.05, 0) is 56.0 Å². The Kier molecular flexibility index (Phi) is 8.75. The predicted octanol–water partition coefficient (Wildman–Crippen LogP) is 4.41. The summed E-state index contributed by atoms with van der Waals surface area (Å²) < 4.78 is 21.9. The van der Waals surface area contributed by atoms with Crippen LogP contribution in [0.1, 0.15) is 57.7 Å². The average Bonchev–Trinajstić information content (AvgIpc) is 3.08. The van der Waals surface area contributed by atoms with Crippen molar-refractivity contribution in [1.82, 2.24) is 18.9 Å². The first-order chi connectivity index (χ1) is 20.8. The van der Waals surface area contributed by atoms with Crippen LogP contribution in [0.3, 0.4) is 0 Å². The first-order valence-corrected chi connectivity index (χ1v) is 15.2. The van der Waals surface area contributed by atoms with E-state index in [4.69, 9.17) is 16.3 Å². The molecule has 1 fully saturated rings. The van der Waals surface area contributed by atoms with Crippen molar-refractivity contribution in [3.63, 3.8) is 0 Å². The summed E-state index contributed by atoms with van der Waals surface area (Å²) in [5.41, 5.74) is 0.779. The predicted molar refractivity (Wildman–Crippen MR) is 167 cm³/mol. The summed E-state index contributed by atoms with van der Waals surface area (Å²) >= 11 is 6.19.